The van der Waals surface area contributed by atoms with Crippen molar-refractivity contribution in [1.82, 2.24) is 9.55 Å². The van der Waals surface area contributed by atoms with E-state index in [9.17, 15) is 9.59 Å². The molecule has 1 aliphatic heterocycles. The molecular weight excluding hydrogens is 374 g/mol. The Hall–Kier alpha value is -2.67. The van der Waals surface area contributed by atoms with E-state index >= 15 is 0 Å². The number of anilines is 1. The molecule has 0 spiro atoms. The van der Waals surface area contributed by atoms with E-state index in [2.05, 4.69) is 6.92 Å². The van der Waals surface area contributed by atoms with Crippen molar-refractivity contribution in [3.05, 3.63) is 46.7 Å². The van der Waals surface area contributed by atoms with Crippen molar-refractivity contribution in [2.75, 3.05) is 18.1 Å². The Balaban J connectivity index is 1.95. The van der Waals surface area contributed by atoms with Gasteiger partial charge >= 0.3 is 5.97 Å². The topological polar surface area (TPSA) is 64.4 Å². The standard InChI is InChI=1S/C21H23N3O3S/c1-3-5-12-23-19(25)17(20(26)27-4-2)18(16-11-8-13-28-16)24-15-10-7-6-9-14(15)22-21(23)24/h6-11,13,17-18H,3-5,12H2,1-2H3/t17-,18+/m1/s1. The van der Waals surface area contributed by atoms with Gasteiger partial charge in [0.25, 0.3) is 0 Å². The zero-order valence-corrected chi connectivity index (χ0v) is 16.8. The highest BCUT2D eigenvalue weighted by atomic mass is 32.1. The Morgan fingerprint density at radius 1 is 1.21 bits per heavy atom. The van der Waals surface area contributed by atoms with Crippen molar-refractivity contribution in [2.24, 2.45) is 5.92 Å². The molecule has 1 aromatic carbocycles. The highest BCUT2D eigenvalue weighted by molar-refractivity contribution is 7.10. The average Bonchev–Trinajstić information content (AvgIpc) is 3.34. The van der Waals surface area contributed by atoms with Crippen LogP contribution < -0.4 is 4.90 Å². The van der Waals surface area contributed by atoms with Gasteiger partial charge in [0, 0.05) is 11.4 Å². The van der Waals surface area contributed by atoms with Gasteiger partial charge in [0.1, 0.15) is 0 Å². The van der Waals surface area contributed by atoms with Crippen molar-refractivity contribution in [1.29, 1.82) is 0 Å². The summed E-state index contributed by atoms with van der Waals surface area (Å²) in [5, 5.41) is 1.96. The van der Waals surface area contributed by atoms with Crippen molar-refractivity contribution in [3.63, 3.8) is 0 Å². The Morgan fingerprint density at radius 2 is 2.04 bits per heavy atom. The van der Waals surface area contributed by atoms with Gasteiger partial charge in [-0.25, -0.2) is 4.98 Å². The molecule has 0 unspecified atom stereocenters. The third kappa shape index (κ3) is 2.99. The maximum Gasteiger partial charge on any atom is 0.321 e. The van der Waals surface area contributed by atoms with Crippen LogP contribution in [0.5, 0.6) is 0 Å². The predicted molar refractivity (Wildman–Crippen MR) is 110 cm³/mol. The average molecular weight is 398 g/mol. The highest BCUT2D eigenvalue weighted by Gasteiger charge is 2.48. The second-order valence-electron chi connectivity index (χ2n) is 6.80. The van der Waals surface area contributed by atoms with Gasteiger partial charge in [-0.3, -0.25) is 19.1 Å². The molecule has 0 radical (unpaired) electrons. The normalized spacial score (nSPS) is 19.1. The minimum absolute atomic E-state index is 0.229. The number of carbonyl (C=O) groups is 2. The highest BCUT2D eigenvalue weighted by Crippen LogP contribution is 2.42. The van der Waals surface area contributed by atoms with Gasteiger partial charge in [0.2, 0.25) is 11.9 Å². The lowest BCUT2D eigenvalue weighted by Gasteiger charge is -2.37. The number of nitrogens with zero attached hydrogens (tertiary/aromatic N) is 3. The Bertz CT molecular complexity index is 996. The van der Waals surface area contributed by atoms with Crippen molar-refractivity contribution < 1.29 is 14.3 Å². The first-order chi connectivity index (χ1) is 13.7. The fraction of sp³-hybridized carbons (Fsp3) is 0.381. The predicted octanol–water partition coefficient (Wildman–Crippen LogP) is 4.01. The molecule has 0 bridgehead atoms. The number of fused-ring (bicyclic) bond motifs is 3. The lowest BCUT2D eigenvalue weighted by Crippen LogP contribution is -2.50. The van der Waals surface area contributed by atoms with Gasteiger partial charge in [0.15, 0.2) is 5.92 Å². The van der Waals surface area contributed by atoms with Gasteiger partial charge in [0.05, 0.1) is 23.7 Å². The number of carbonyl (C=O) groups excluding carboxylic acids is 2. The summed E-state index contributed by atoms with van der Waals surface area (Å²) < 4.78 is 7.36. The summed E-state index contributed by atoms with van der Waals surface area (Å²) in [5.74, 6) is -1.01. The summed E-state index contributed by atoms with van der Waals surface area (Å²) in [7, 11) is 0. The monoisotopic (exact) mass is 397 g/mol. The molecule has 2 atom stereocenters. The first-order valence-electron chi connectivity index (χ1n) is 9.65. The fourth-order valence-electron chi connectivity index (χ4n) is 3.79. The number of para-hydroxylation sites is 2. The summed E-state index contributed by atoms with van der Waals surface area (Å²) in [6.07, 6.45) is 1.79. The summed E-state index contributed by atoms with van der Waals surface area (Å²) in [4.78, 5) is 33.7. The number of hydrogen-bond donors (Lipinski definition) is 0. The van der Waals surface area contributed by atoms with Crippen molar-refractivity contribution in [3.8, 4) is 0 Å². The second-order valence-corrected chi connectivity index (χ2v) is 7.78. The number of amides is 1. The zero-order valence-electron chi connectivity index (χ0n) is 16.0. The molecule has 3 aromatic rings. The van der Waals surface area contributed by atoms with Crippen LogP contribution in [0.1, 0.15) is 37.6 Å². The molecule has 1 aliphatic rings. The summed E-state index contributed by atoms with van der Waals surface area (Å²) in [5.41, 5.74) is 1.73. The molecule has 146 valence electrons. The molecule has 0 aliphatic carbocycles. The van der Waals surface area contributed by atoms with E-state index in [4.69, 9.17) is 9.72 Å². The van der Waals surface area contributed by atoms with Crippen LogP contribution in [0.2, 0.25) is 0 Å². The maximum atomic E-state index is 13.5. The van der Waals surface area contributed by atoms with Crippen LogP contribution >= 0.6 is 11.3 Å². The molecule has 0 N–H and O–H groups in total. The zero-order chi connectivity index (χ0) is 19.7. The SMILES string of the molecule is CCCCN1C(=O)[C@H](C(=O)OCC)[C@H](c2cccs2)n2c1nc1ccccc12. The minimum Gasteiger partial charge on any atom is -0.465 e. The smallest absolute Gasteiger partial charge is 0.321 e. The molecule has 28 heavy (non-hydrogen) atoms. The van der Waals surface area contributed by atoms with Gasteiger partial charge in [-0.2, -0.15) is 0 Å². The number of aromatic nitrogens is 2. The van der Waals surface area contributed by atoms with Crippen LogP contribution in [-0.2, 0) is 14.3 Å². The molecule has 4 rings (SSSR count). The molecular formula is C21H23N3O3S. The number of hydrogen-bond acceptors (Lipinski definition) is 5. The van der Waals surface area contributed by atoms with Crippen LogP contribution in [0, 0.1) is 5.92 Å². The largest absolute Gasteiger partial charge is 0.465 e. The third-order valence-corrected chi connectivity index (χ3v) is 6.00. The van der Waals surface area contributed by atoms with Crippen LogP contribution in [0.4, 0.5) is 5.95 Å². The summed E-state index contributed by atoms with van der Waals surface area (Å²) >= 11 is 1.54. The van der Waals surface area contributed by atoms with E-state index in [1.54, 1.807) is 11.8 Å². The molecule has 0 saturated carbocycles. The quantitative estimate of drug-likeness (QED) is 0.466. The lowest BCUT2D eigenvalue weighted by molar-refractivity contribution is -0.153. The molecule has 3 heterocycles. The number of unbranched alkanes of at least 4 members (excludes halogenated alkanes) is 1. The van der Waals surface area contributed by atoms with Crippen molar-refractivity contribution in [2.45, 2.75) is 32.7 Å². The Morgan fingerprint density at radius 3 is 2.75 bits per heavy atom. The summed E-state index contributed by atoms with van der Waals surface area (Å²) in [6, 6.07) is 11.3. The number of esters is 1. The van der Waals surface area contributed by atoms with Gasteiger partial charge in [-0.1, -0.05) is 31.5 Å². The minimum atomic E-state index is -0.916. The maximum absolute atomic E-state index is 13.5. The number of imidazole rings is 1. The molecule has 0 fully saturated rings. The molecule has 1 amide bonds. The molecule has 6 nitrogen and oxygen atoms in total. The number of thiophene rings is 1. The Kier molecular flexibility index (Phi) is 5.17. The van der Waals surface area contributed by atoms with Crippen LogP contribution in [0.25, 0.3) is 11.0 Å². The van der Waals surface area contributed by atoms with E-state index in [0.29, 0.717) is 12.5 Å². The third-order valence-electron chi connectivity index (χ3n) is 5.06. The lowest BCUT2D eigenvalue weighted by atomic mass is 9.94. The van der Waals surface area contributed by atoms with E-state index in [0.717, 1.165) is 28.8 Å². The van der Waals surface area contributed by atoms with Gasteiger partial charge in [-0.15, -0.1) is 11.3 Å². The number of rotatable bonds is 6. The van der Waals surface area contributed by atoms with Crippen LogP contribution in [0.3, 0.4) is 0 Å². The number of benzene rings is 1. The van der Waals surface area contributed by atoms with E-state index in [1.165, 1.54) is 11.3 Å². The first-order valence-corrected chi connectivity index (χ1v) is 10.5. The molecule has 2 aromatic heterocycles. The molecule has 0 saturated heterocycles. The molecule has 7 heteroatoms. The Labute approximate surface area is 167 Å². The summed E-state index contributed by atoms with van der Waals surface area (Å²) in [6.45, 7) is 4.62. The first kappa shape index (κ1) is 18.7. The fourth-order valence-corrected chi connectivity index (χ4v) is 4.64. The van der Waals surface area contributed by atoms with Crippen LogP contribution in [0.15, 0.2) is 41.8 Å². The van der Waals surface area contributed by atoms with E-state index in [-0.39, 0.29) is 12.5 Å². The van der Waals surface area contributed by atoms with Gasteiger partial charge < -0.3 is 4.74 Å². The van der Waals surface area contributed by atoms with E-state index < -0.39 is 17.9 Å². The van der Waals surface area contributed by atoms with Crippen LogP contribution in [-0.4, -0.2) is 34.6 Å². The van der Waals surface area contributed by atoms with E-state index in [1.807, 2.05) is 46.3 Å². The number of ether oxygens (including phenoxy) is 1. The van der Waals surface area contributed by atoms with Crippen molar-refractivity contribution >= 4 is 40.2 Å². The second kappa shape index (κ2) is 7.75. The van der Waals surface area contributed by atoms with Gasteiger partial charge in [-0.05, 0) is 36.9 Å².